The van der Waals surface area contributed by atoms with Crippen molar-refractivity contribution in [2.24, 2.45) is 0 Å². The van der Waals surface area contributed by atoms with Crippen LogP contribution in [0.25, 0.3) is 11.4 Å². The minimum Gasteiger partial charge on any atom is -0.352 e. The summed E-state index contributed by atoms with van der Waals surface area (Å²) in [4.78, 5) is 36.2. The predicted octanol–water partition coefficient (Wildman–Crippen LogP) is 2.87. The van der Waals surface area contributed by atoms with Crippen LogP contribution in [0.5, 0.6) is 0 Å². The van der Waals surface area contributed by atoms with E-state index in [1.165, 1.54) is 6.07 Å². The highest BCUT2D eigenvalue weighted by Gasteiger charge is 2.20. The van der Waals surface area contributed by atoms with Crippen LogP contribution in [0.4, 0.5) is 11.5 Å². The predicted molar refractivity (Wildman–Crippen MR) is 105 cm³/mol. The zero-order valence-corrected chi connectivity index (χ0v) is 15.4. The maximum Gasteiger partial charge on any atom is 0.269 e. The number of nitrogens with one attached hydrogen (secondary N) is 1. The molecule has 0 amide bonds. The summed E-state index contributed by atoms with van der Waals surface area (Å²) < 4.78 is 0. The average molecular weight is 377 g/mol. The lowest BCUT2D eigenvalue weighted by Gasteiger charge is -2.29. The van der Waals surface area contributed by atoms with E-state index in [0.29, 0.717) is 18.8 Å². The number of hydrogen-bond donors (Lipinski definition) is 1. The van der Waals surface area contributed by atoms with Crippen LogP contribution in [0.1, 0.15) is 23.7 Å². The van der Waals surface area contributed by atoms with Gasteiger partial charge in [-0.05, 0) is 36.1 Å². The Labute approximate surface area is 161 Å². The third kappa shape index (κ3) is 3.48. The molecule has 0 atom stereocenters. The van der Waals surface area contributed by atoms with E-state index >= 15 is 0 Å². The van der Waals surface area contributed by atoms with Gasteiger partial charge in [0.2, 0.25) is 0 Å². The molecule has 0 saturated heterocycles. The van der Waals surface area contributed by atoms with Crippen LogP contribution in [0.2, 0.25) is 0 Å². The number of non-ortho nitro benzene ring substituents is 1. The molecule has 28 heavy (non-hydrogen) atoms. The molecule has 0 spiro atoms. The molecule has 0 radical (unpaired) electrons. The lowest BCUT2D eigenvalue weighted by molar-refractivity contribution is -0.384. The number of aryl methyl sites for hydroxylation is 1. The Hall–Kier alpha value is -3.55. The fourth-order valence-corrected chi connectivity index (χ4v) is 3.39. The minimum atomic E-state index is -0.371. The van der Waals surface area contributed by atoms with Crippen LogP contribution in [-0.2, 0) is 19.4 Å². The molecule has 3 aromatic rings. The topological polar surface area (TPSA) is 105 Å². The molecule has 1 aliphatic rings. The van der Waals surface area contributed by atoms with Gasteiger partial charge in [0, 0.05) is 48.7 Å². The van der Waals surface area contributed by atoms with Gasteiger partial charge in [0.25, 0.3) is 11.2 Å². The largest absolute Gasteiger partial charge is 0.352 e. The summed E-state index contributed by atoms with van der Waals surface area (Å²) in [6, 6.07) is 10.3. The summed E-state index contributed by atoms with van der Waals surface area (Å²) in [6.45, 7) is 3.31. The number of aromatic nitrogens is 3. The molecule has 0 saturated carbocycles. The molecule has 8 heteroatoms. The average Bonchev–Trinajstić information content (AvgIpc) is 2.72. The van der Waals surface area contributed by atoms with Crippen molar-refractivity contribution in [3.05, 3.63) is 79.9 Å². The lowest BCUT2D eigenvalue weighted by atomic mass is 9.99. The first-order valence-electron chi connectivity index (χ1n) is 9.11. The van der Waals surface area contributed by atoms with E-state index in [9.17, 15) is 14.9 Å². The highest BCUT2D eigenvalue weighted by molar-refractivity contribution is 5.57. The number of hydrogen-bond acceptors (Lipinski definition) is 6. The van der Waals surface area contributed by atoms with Crippen LogP contribution >= 0.6 is 0 Å². The van der Waals surface area contributed by atoms with Crippen molar-refractivity contribution in [3.8, 4) is 11.4 Å². The maximum atomic E-state index is 11.8. The van der Waals surface area contributed by atoms with E-state index in [1.807, 2.05) is 25.1 Å². The Morgan fingerprint density at radius 1 is 1.21 bits per heavy atom. The number of pyridine rings is 1. The van der Waals surface area contributed by atoms with Gasteiger partial charge in [-0.25, -0.2) is 9.97 Å². The van der Waals surface area contributed by atoms with Crippen LogP contribution < -0.4 is 10.5 Å². The van der Waals surface area contributed by atoms with E-state index in [4.69, 9.17) is 0 Å². The Kier molecular flexibility index (Phi) is 4.60. The second-order valence-electron chi connectivity index (χ2n) is 6.73. The van der Waals surface area contributed by atoms with Crippen LogP contribution in [-0.4, -0.2) is 26.4 Å². The van der Waals surface area contributed by atoms with Crippen molar-refractivity contribution in [1.29, 1.82) is 0 Å². The number of nitrogens with zero attached hydrogens (tertiary/aromatic N) is 4. The Morgan fingerprint density at radius 3 is 2.79 bits per heavy atom. The van der Waals surface area contributed by atoms with Crippen molar-refractivity contribution in [2.75, 3.05) is 11.4 Å². The lowest BCUT2D eigenvalue weighted by Crippen LogP contribution is -2.31. The van der Waals surface area contributed by atoms with Crippen molar-refractivity contribution in [2.45, 2.75) is 26.3 Å². The van der Waals surface area contributed by atoms with E-state index in [2.05, 4.69) is 19.9 Å². The summed E-state index contributed by atoms with van der Waals surface area (Å²) in [5.74, 6) is 1.29. The highest BCUT2D eigenvalue weighted by Crippen LogP contribution is 2.27. The van der Waals surface area contributed by atoms with Crippen molar-refractivity contribution in [3.63, 3.8) is 0 Å². The van der Waals surface area contributed by atoms with Crippen LogP contribution in [0, 0.1) is 10.1 Å². The number of H-pyrrole nitrogens is 1. The van der Waals surface area contributed by atoms with Gasteiger partial charge in [0.1, 0.15) is 11.6 Å². The third-order valence-corrected chi connectivity index (χ3v) is 4.92. The number of nitro groups is 1. The van der Waals surface area contributed by atoms with E-state index < -0.39 is 0 Å². The fraction of sp³-hybridized carbons (Fsp3) is 0.250. The summed E-state index contributed by atoms with van der Waals surface area (Å²) in [6.07, 6.45) is 3.18. The van der Waals surface area contributed by atoms with Gasteiger partial charge in [-0.15, -0.1) is 0 Å². The molecule has 1 aromatic carbocycles. The van der Waals surface area contributed by atoms with Crippen molar-refractivity contribution >= 4 is 11.5 Å². The van der Waals surface area contributed by atoms with Crippen LogP contribution in [0.15, 0.2) is 47.4 Å². The summed E-state index contributed by atoms with van der Waals surface area (Å²) in [7, 11) is 0. The monoisotopic (exact) mass is 377 g/mol. The summed E-state index contributed by atoms with van der Waals surface area (Å²) in [5, 5.41) is 11.0. The molecule has 4 rings (SSSR count). The third-order valence-electron chi connectivity index (χ3n) is 4.92. The van der Waals surface area contributed by atoms with Crippen molar-refractivity contribution in [1.82, 2.24) is 15.0 Å². The van der Waals surface area contributed by atoms with Gasteiger partial charge in [0.05, 0.1) is 4.92 Å². The summed E-state index contributed by atoms with van der Waals surface area (Å²) >= 11 is 0. The highest BCUT2D eigenvalue weighted by atomic mass is 16.6. The molecule has 0 fully saturated rings. The SMILES string of the molecule is CCc1cc(=O)[nH]c(-c2ccc(N3CCc4ccc([N+](=O)[O-])cc4C3)nc2)n1. The molecule has 0 unspecified atom stereocenters. The number of fused-ring (bicyclic) bond motifs is 1. The molecular formula is C20H19N5O3. The van der Waals surface area contributed by atoms with Gasteiger partial charge in [-0.2, -0.15) is 0 Å². The standard InChI is InChI=1S/C20H19N5O3/c1-2-16-10-19(26)23-20(22-16)14-4-6-18(21-11-14)24-8-7-13-3-5-17(25(27)28)9-15(13)12-24/h3-6,9-11H,2,7-8,12H2,1H3,(H,22,23,26). The Bertz CT molecular complexity index is 1090. The maximum absolute atomic E-state index is 11.8. The first-order chi connectivity index (χ1) is 13.5. The van der Waals surface area contributed by atoms with E-state index in [1.54, 1.807) is 18.3 Å². The normalized spacial score (nSPS) is 13.2. The minimum absolute atomic E-state index is 0.106. The molecule has 0 bridgehead atoms. The van der Waals surface area contributed by atoms with Gasteiger partial charge in [0.15, 0.2) is 0 Å². The number of anilines is 1. The Morgan fingerprint density at radius 2 is 2.07 bits per heavy atom. The van der Waals surface area contributed by atoms with Gasteiger partial charge < -0.3 is 9.88 Å². The molecule has 1 N–H and O–H groups in total. The van der Waals surface area contributed by atoms with E-state index in [0.717, 1.165) is 41.2 Å². The quantitative estimate of drug-likeness (QED) is 0.554. The molecule has 0 aliphatic carbocycles. The van der Waals surface area contributed by atoms with Crippen LogP contribution in [0.3, 0.4) is 0 Å². The van der Waals surface area contributed by atoms with Gasteiger partial charge >= 0.3 is 0 Å². The second kappa shape index (κ2) is 7.22. The molecule has 2 aromatic heterocycles. The number of rotatable bonds is 4. The first kappa shape index (κ1) is 17.8. The molecule has 142 valence electrons. The molecular weight excluding hydrogens is 358 g/mol. The molecule has 3 heterocycles. The Balaban J connectivity index is 1.58. The van der Waals surface area contributed by atoms with Gasteiger partial charge in [-0.3, -0.25) is 14.9 Å². The van der Waals surface area contributed by atoms with Gasteiger partial charge in [-0.1, -0.05) is 13.0 Å². The second-order valence-corrected chi connectivity index (χ2v) is 6.73. The molecule has 1 aliphatic heterocycles. The summed E-state index contributed by atoms with van der Waals surface area (Å²) in [5.41, 5.74) is 3.49. The number of nitro benzene ring substituents is 1. The number of aromatic amines is 1. The number of benzene rings is 1. The fourth-order valence-electron chi connectivity index (χ4n) is 3.39. The van der Waals surface area contributed by atoms with Crippen molar-refractivity contribution < 1.29 is 4.92 Å². The van der Waals surface area contributed by atoms with E-state index in [-0.39, 0.29) is 16.2 Å². The molecule has 8 nitrogen and oxygen atoms in total. The first-order valence-corrected chi connectivity index (χ1v) is 9.11. The zero-order valence-electron chi connectivity index (χ0n) is 15.4. The smallest absolute Gasteiger partial charge is 0.269 e. The zero-order chi connectivity index (χ0) is 19.7.